The van der Waals surface area contributed by atoms with Gasteiger partial charge in [-0.1, -0.05) is 12.1 Å². The fraction of sp³-hybridized carbons (Fsp3) is 0.562. The zero-order valence-corrected chi connectivity index (χ0v) is 13.2. The molecule has 1 aromatic rings. The average Bonchev–Trinajstić information content (AvgIpc) is 3.29. The number of ether oxygens (including phenoxy) is 2. The zero-order valence-electron chi connectivity index (χ0n) is 13.2. The molecule has 0 aromatic heterocycles. The van der Waals surface area contributed by atoms with E-state index in [1.165, 1.54) is 0 Å². The molecule has 0 saturated heterocycles. The normalized spacial score (nSPS) is 15.7. The molecule has 5 nitrogen and oxygen atoms in total. The molecule has 1 fully saturated rings. The molecule has 1 amide bonds. The third kappa shape index (κ3) is 3.88. The molecule has 0 heterocycles. The van der Waals surface area contributed by atoms with E-state index < -0.39 is 0 Å². The van der Waals surface area contributed by atoms with Crippen LogP contribution in [0.5, 0.6) is 11.5 Å². The second-order valence-electron chi connectivity index (χ2n) is 5.53. The maximum Gasteiger partial charge on any atom is 0.237 e. The molecule has 0 bridgehead atoms. The highest BCUT2D eigenvalue weighted by Crippen LogP contribution is 2.31. The molecule has 0 spiro atoms. The number of nitrogens with zero attached hydrogens (tertiary/aromatic N) is 1. The van der Waals surface area contributed by atoms with Crippen LogP contribution in [-0.4, -0.2) is 44.2 Å². The molecule has 1 saturated carbocycles. The highest BCUT2D eigenvalue weighted by Gasteiger charge is 2.27. The lowest BCUT2D eigenvalue weighted by Crippen LogP contribution is -2.43. The zero-order chi connectivity index (χ0) is 15.4. The van der Waals surface area contributed by atoms with Gasteiger partial charge < -0.3 is 14.8 Å². The van der Waals surface area contributed by atoms with Crippen LogP contribution >= 0.6 is 0 Å². The summed E-state index contributed by atoms with van der Waals surface area (Å²) in [5.74, 6) is 1.52. The maximum atomic E-state index is 12.1. The van der Waals surface area contributed by atoms with Crippen molar-refractivity contribution in [2.24, 2.45) is 0 Å². The molecule has 1 atom stereocenters. The van der Waals surface area contributed by atoms with E-state index in [0.29, 0.717) is 18.3 Å². The minimum Gasteiger partial charge on any atom is -0.493 e. The van der Waals surface area contributed by atoms with Gasteiger partial charge in [0.25, 0.3) is 0 Å². The van der Waals surface area contributed by atoms with Crippen molar-refractivity contribution in [2.75, 3.05) is 21.3 Å². The molecule has 1 N–H and O–H groups in total. The number of hydrogen-bond acceptors (Lipinski definition) is 4. The Morgan fingerprint density at radius 2 is 2.10 bits per heavy atom. The van der Waals surface area contributed by atoms with E-state index in [2.05, 4.69) is 5.32 Å². The van der Waals surface area contributed by atoms with Crippen LogP contribution in [0.3, 0.4) is 0 Å². The minimum atomic E-state index is -0.179. The van der Waals surface area contributed by atoms with Gasteiger partial charge in [0.1, 0.15) is 0 Å². The smallest absolute Gasteiger partial charge is 0.237 e. The number of amides is 1. The van der Waals surface area contributed by atoms with Crippen molar-refractivity contribution in [1.82, 2.24) is 10.2 Å². The molecular formula is C16H24N2O3. The SMILES string of the molecule is COc1cccc(CN(C)[C@@H](C)C(=O)NC2CC2)c1OC. The van der Waals surface area contributed by atoms with Crippen LogP contribution < -0.4 is 14.8 Å². The first-order valence-corrected chi connectivity index (χ1v) is 7.27. The summed E-state index contributed by atoms with van der Waals surface area (Å²) < 4.78 is 10.7. The lowest BCUT2D eigenvalue weighted by atomic mass is 10.1. The molecule has 116 valence electrons. The van der Waals surface area contributed by atoms with E-state index in [4.69, 9.17) is 9.47 Å². The Kier molecular flexibility index (Phi) is 5.07. The minimum absolute atomic E-state index is 0.0851. The van der Waals surface area contributed by atoms with E-state index in [1.54, 1.807) is 14.2 Å². The van der Waals surface area contributed by atoms with Crippen LogP contribution in [0.15, 0.2) is 18.2 Å². The Labute approximate surface area is 126 Å². The van der Waals surface area contributed by atoms with Gasteiger partial charge >= 0.3 is 0 Å². The lowest BCUT2D eigenvalue weighted by molar-refractivity contribution is -0.125. The van der Waals surface area contributed by atoms with Crippen molar-refractivity contribution in [2.45, 2.75) is 38.4 Å². The summed E-state index contributed by atoms with van der Waals surface area (Å²) in [5.41, 5.74) is 1.01. The molecule has 0 radical (unpaired) electrons. The summed E-state index contributed by atoms with van der Waals surface area (Å²) >= 11 is 0. The lowest BCUT2D eigenvalue weighted by Gasteiger charge is -2.25. The van der Waals surface area contributed by atoms with E-state index in [-0.39, 0.29) is 11.9 Å². The van der Waals surface area contributed by atoms with Gasteiger partial charge in [-0.15, -0.1) is 0 Å². The number of para-hydroxylation sites is 1. The van der Waals surface area contributed by atoms with Gasteiger partial charge in [0, 0.05) is 18.2 Å². The van der Waals surface area contributed by atoms with Crippen molar-refractivity contribution < 1.29 is 14.3 Å². The standard InChI is InChI=1S/C16H24N2O3/c1-11(16(19)17-13-8-9-13)18(2)10-12-6-5-7-14(20-3)15(12)21-4/h5-7,11,13H,8-10H2,1-4H3,(H,17,19)/t11-/m0/s1. The molecule has 5 heteroatoms. The number of rotatable bonds is 7. The summed E-state index contributed by atoms with van der Waals surface area (Å²) in [6.45, 7) is 2.55. The van der Waals surface area contributed by atoms with Crippen LogP contribution in [0.1, 0.15) is 25.3 Å². The topological polar surface area (TPSA) is 50.8 Å². The molecule has 1 aromatic carbocycles. The average molecular weight is 292 g/mol. The highest BCUT2D eigenvalue weighted by molar-refractivity contribution is 5.81. The van der Waals surface area contributed by atoms with E-state index in [9.17, 15) is 4.79 Å². The second-order valence-corrected chi connectivity index (χ2v) is 5.53. The van der Waals surface area contributed by atoms with Gasteiger partial charge in [-0.2, -0.15) is 0 Å². The van der Waals surface area contributed by atoms with Crippen molar-refractivity contribution in [3.05, 3.63) is 23.8 Å². The Morgan fingerprint density at radius 3 is 2.67 bits per heavy atom. The number of hydrogen-bond donors (Lipinski definition) is 1. The number of benzene rings is 1. The predicted octanol–water partition coefficient (Wildman–Crippen LogP) is 1.80. The summed E-state index contributed by atoms with van der Waals surface area (Å²) in [5, 5.41) is 3.03. The largest absolute Gasteiger partial charge is 0.493 e. The van der Waals surface area contributed by atoms with E-state index in [0.717, 1.165) is 24.2 Å². The Bertz CT molecular complexity index is 500. The van der Waals surface area contributed by atoms with Gasteiger partial charge in [-0.05, 0) is 32.9 Å². The molecule has 1 aliphatic carbocycles. The quantitative estimate of drug-likeness (QED) is 0.832. The van der Waals surface area contributed by atoms with Gasteiger partial charge in [-0.25, -0.2) is 0 Å². The van der Waals surface area contributed by atoms with Crippen LogP contribution in [0.4, 0.5) is 0 Å². The van der Waals surface area contributed by atoms with Crippen molar-refractivity contribution in [3.8, 4) is 11.5 Å². The predicted molar refractivity (Wildman–Crippen MR) is 81.6 cm³/mol. The molecular weight excluding hydrogens is 268 g/mol. The van der Waals surface area contributed by atoms with Gasteiger partial charge in [0.2, 0.25) is 5.91 Å². The molecule has 0 unspecified atom stereocenters. The Morgan fingerprint density at radius 1 is 1.38 bits per heavy atom. The molecule has 21 heavy (non-hydrogen) atoms. The summed E-state index contributed by atoms with van der Waals surface area (Å²) in [6, 6.07) is 6.00. The number of carbonyl (C=O) groups excluding carboxylic acids is 1. The van der Waals surface area contributed by atoms with E-state index in [1.807, 2.05) is 37.1 Å². The highest BCUT2D eigenvalue weighted by atomic mass is 16.5. The molecule has 0 aliphatic heterocycles. The Hall–Kier alpha value is -1.75. The van der Waals surface area contributed by atoms with Crippen LogP contribution in [-0.2, 0) is 11.3 Å². The first kappa shape index (κ1) is 15.6. The fourth-order valence-corrected chi connectivity index (χ4v) is 2.23. The van der Waals surface area contributed by atoms with Crippen LogP contribution in [0.2, 0.25) is 0 Å². The van der Waals surface area contributed by atoms with Crippen molar-refractivity contribution in [1.29, 1.82) is 0 Å². The fourth-order valence-electron chi connectivity index (χ4n) is 2.23. The van der Waals surface area contributed by atoms with Crippen molar-refractivity contribution in [3.63, 3.8) is 0 Å². The van der Waals surface area contributed by atoms with Crippen LogP contribution in [0, 0.1) is 0 Å². The monoisotopic (exact) mass is 292 g/mol. The van der Waals surface area contributed by atoms with Crippen LogP contribution in [0.25, 0.3) is 0 Å². The summed E-state index contributed by atoms with van der Waals surface area (Å²) in [6.07, 6.45) is 2.21. The van der Waals surface area contributed by atoms with E-state index >= 15 is 0 Å². The molecule has 2 rings (SSSR count). The number of methoxy groups -OCH3 is 2. The number of likely N-dealkylation sites (N-methyl/N-ethyl adjacent to an activating group) is 1. The summed E-state index contributed by atoms with van der Waals surface area (Å²) in [7, 11) is 5.19. The maximum absolute atomic E-state index is 12.1. The molecule has 1 aliphatic rings. The van der Waals surface area contributed by atoms with Crippen molar-refractivity contribution >= 4 is 5.91 Å². The number of carbonyl (C=O) groups is 1. The van der Waals surface area contributed by atoms with Gasteiger partial charge in [0.15, 0.2) is 11.5 Å². The van der Waals surface area contributed by atoms with Gasteiger partial charge in [0.05, 0.1) is 20.3 Å². The summed E-state index contributed by atoms with van der Waals surface area (Å²) in [4.78, 5) is 14.1. The Balaban J connectivity index is 2.04. The third-order valence-electron chi connectivity index (χ3n) is 3.87. The van der Waals surface area contributed by atoms with Gasteiger partial charge in [-0.3, -0.25) is 9.69 Å². The first-order chi connectivity index (χ1) is 10.1. The first-order valence-electron chi connectivity index (χ1n) is 7.27. The number of nitrogens with one attached hydrogen (secondary N) is 1. The third-order valence-corrected chi connectivity index (χ3v) is 3.87. The second kappa shape index (κ2) is 6.80.